The Kier molecular flexibility index (Phi) is 4.17. The number of phenolic OH excluding ortho intramolecular Hbond substituents is 2. The minimum atomic E-state index is -0.200. The number of hydrogen-bond donors (Lipinski definition) is 3. The van der Waals surface area contributed by atoms with Crippen molar-refractivity contribution in [1.82, 2.24) is 5.32 Å². The Labute approximate surface area is 94.9 Å². The maximum Gasteiger partial charge on any atom is 0.224 e. The van der Waals surface area contributed by atoms with Gasteiger partial charge >= 0.3 is 0 Å². The zero-order valence-corrected chi connectivity index (χ0v) is 9.53. The highest BCUT2D eigenvalue weighted by molar-refractivity contribution is 5.78. The van der Waals surface area contributed by atoms with Crippen molar-refractivity contribution in [3.05, 3.63) is 23.8 Å². The number of benzene rings is 1. The first-order valence-corrected chi connectivity index (χ1v) is 5.26. The quantitative estimate of drug-likeness (QED) is 0.676. The average Bonchev–Trinajstić information content (AvgIpc) is 2.21. The lowest BCUT2D eigenvalue weighted by molar-refractivity contribution is -0.120. The molecule has 3 N–H and O–H groups in total. The first-order valence-electron chi connectivity index (χ1n) is 5.26. The van der Waals surface area contributed by atoms with Crippen LogP contribution in [-0.4, -0.2) is 22.7 Å². The molecule has 0 aliphatic heterocycles. The van der Waals surface area contributed by atoms with Crippen LogP contribution in [0.25, 0.3) is 0 Å². The maximum absolute atomic E-state index is 11.5. The molecule has 0 aliphatic carbocycles. The van der Waals surface area contributed by atoms with Crippen LogP contribution in [0.3, 0.4) is 0 Å². The van der Waals surface area contributed by atoms with Crippen LogP contribution in [0, 0.1) is 5.92 Å². The molecule has 1 aromatic carbocycles. The van der Waals surface area contributed by atoms with Gasteiger partial charge in [-0.3, -0.25) is 4.79 Å². The molecule has 0 radical (unpaired) electrons. The second kappa shape index (κ2) is 5.39. The highest BCUT2D eigenvalue weighted by Crippen LogP contribution is 2.24. The molecule has 0 bridgehead atoms. The van der Waals surface area contributed by atoms with Crippen molar-refractivity contribution in [3.8, 4) is 11.5 Å². The molecule has 16 heavy (non-hydrogen) atoms. The summed E-state index contributed by atoms with van der Waals surface area (Å²) >= 11 is 0. The lowest BCUT2D eigenvalue weighted by atomic mass is 10.1. The van der Waals surface area contributed by atoms with Gasteiger partial charge in [0.25, 0.3) is 0 Å². The summed E-state index contributed by atoms with van der Waals surface area (Å²) in [4.78, 5) is 11.5. The van der Waals surface area contributed by atoms with Gasteiger partial charge in [0.15, 0.2) is 11.5 Å². The molecule has 0 heterocycles. The van der Waals surface area contributed by atoms with Gasteiger partial charge in [-0.15, -0.1) is 0 Å². The Hall–Kier alpha value is -1.71. The molecule has 0 unspecified atom stereocenters. The molecule has 1 aromatic rings. The molecule has 4 heteroatoms. The molecular formula is C12H17NO3. The smallest absolute Gasteiger partial charge is 0.224 e. The average molecular weight is 223 g/mol. The van der Waals surface area contributed by atoms with Crippen molar-refractivity contribution >= 4 is 5.91 Å². The van der Waals surface area contributed by atoms with Crippen molar-refractivity contribution in [2.75, 3.05) is 6.54 Å². The SMILES string of the molecule is CC(C)CNC(=O)Cc1ccc(O)c(O)c1. The van der Waals surface area contributed by atoms with Crippen molar-refractivity contribution < 1.29 is 15.0 Å². The molecule has 0 fully saturated rings. The summed E-state index contributed by atoms with van der Waals surface area (Å²) in [5.41, 5.74) is 0.677. The van der Waals surface area contributed by atoms with E-state index in [9.17, 15) is 9.90 Å². The third kappa shape index (κ3) is 3.81. The normalized spacial score (nSPS) is 10.4. The molecule has 0 saturated carbocycles. The number of nitrogens with one attached hydrogen (secondary N) is 1. The summed E-state index contributed by atoms with van der Waals surface area (Å²) in [5, 5.41) is 21.1. The van der Waals surface area contributed by atoms with Crippen molar-refractivity contribution in [2.45, 2.75) is 20.3 Å². The molecule has 0 atom stereocenters. The summed E-state index contributed by atoms with van der Waals surface area (Å²) in [6.45, 7) is 4.68. The Morgan fingerprint density at radius 2 is 2.00 bits per heavy atom. The van der Waals surface area contributed by atoms with Gasteiger partial charge in [-0.05, 0) is 23.6 Å². The Bertz CT molecular complexity index is 375. The first-order chi connectivity index (χ1) is 7.49. The topological polar surface area (TPSA) is 69.6 Å². The molecule has 88 valence electrons. The van der Waals surface area contributed by atoms with E-state index in [1.165, 1.54) is 12.1 Å². The van der Waals surface area contributed by atoms with Gasteiger partial charge in [0, 0.05) is 6.54 Å². The van der Waals surface area contributed by atoms with E-state index in [4.69, 9.17) is 5.11 Å². The predicted octanol–water partition coefficient (Wildman–Crippen LogP) is 1.41. The minimum Gasteiger partial charge on any atom is -0.504 e. The van der Waals surface area contributed by atoms with E-state index in [0.29, 0.717) is 18.0 Å². The molecule has 4 nitrogen and oxygen atoms in total. The third-order valence-electron chi connectivity index (χ3n) is 2.11. The van der Waals surface area contributed by atoms with Crippen LogP contribution in [0.2, 0.25) is 0 Å². The van der Waals surface area contributed by atoms with E-state index in [1.54, 1.807) is 6.07 Å². The van der Waals surface area contributed by atoms with Gasteiger partial charge in [0.1, 0.15) is 0 Å². The fraction of sp³-hybridized carbons (Fsp3) is 0.417. The standard InChI is InChI=1S/C12H17NO3/c1-8(2)7-13-12(16)6-9-3-4-10(14)11(15)5-9/h3-5,8,14-15H,6-7H2,1-2H3,(H,13,16). The second-order valence-electron chi connectivity index (χ2n) is 4.20. The Morgan fingerprint density at radius 3 is 2.56 bits per heavy atom. The van der Waals surface area contributed by atoms with Crippen molar-refractivity contribution in [3.63, 3.8) is 0 Å². The van der Waals surface area contributed by atoms with Gasteiger partial charge in [-0.2, -0.15) is 0 Å². The molecular weight excluding hydrogens is 206 g/mol. The van der Waals surface area contributed by atoms with Crippen LogP contribution in [0.4, 0.5) is 0 Å². The fourth-order valence-corrected chi connectivity index (χ4v) is 1.24. The number of phenols is 2. The van der Waals surface area contributed by atoms with Gasteiger partial charge in [-0.25, -0.2) is 0 Å². The molecule has 1 amide bonds. The lowest BCUT2D eigenvalue weighted by Crippen LogP contribution is -2.28. The molecule has 1 rings (SSSR count). The van der Waals surface area contributed by atoms with Crippen molar-refractivity contribution in [2.24, 2.45) is 5.92 Å². The monoisotopic (exact) mass is 223 g/mol. The molecule has 0 spiro atoms. The number of hydrogen-bond acceptors (Lipinski definition) is 3. The summed E-state index contributed by atoms with van der Waals surface area (Å²) in [7, 11) is 0. The van der Waals surface area contributed by atoms with Gasteiger partial charge in [-0.1, -0.05) is 19.9 Å². The van der Waals surface area contributed by atoms with E-state index in [-0.39, 0.29) is 23.8 Å². The molecule has 0 saturated heterocycles. The zero-order chi connectivity index (χ0) is 12.1. The number of carbonyl (C=O) groups excluding carboxylic acids is 1. The van der Waals surface area contributed by atoms with E-state index in [1.807, 2.05) is 13.8 Å². The second-order valence-corrected chi connectivity index (χ2v) is 4.20. The van der Waals surface area contributed by atoms with E-state index < -0.39 is 0 Å². The summed E-state index contributed by atoms with van der Waals surface area (Å²) in [5.74, 6) is -0.0449. The third-order valence-corrected chi connectivity index (χ3v) is 2.11. The van der Waals surface area contributed by atoms with Crippen LogP contribution in [0.5, 0.6) is 11.5 Å². The summed E-state index contributed by atoms with van der Waals surface area (Å²) in [6.07, 6.45) is 0.209. The van der Waals surface area contributed by atoms with E-state index in [0.717, 1.165) is 0 Å². The van der Waals surface area contributed by atoms with Crippen molar-refractivity contribution in [1.29, 1.82) is 0 Å². The van der Waals surface area contributed by atoms with Crippen LogP contribution in [-0.2, 0) is 11.2 Å². The van der Waals surface area contributed by atoms with Crippen LogP contribution in [0.1, 0.15) is 19.4 Å². The van der Waals surface area contributed by atoms with Gasteiger partial charge < -0.3 is 15.5 Å². The number of aromatic hydroxyl groups is 2. The summed E-state index contributed by atoms with van der Waals surface area (Å²) in [6, 6.07) is 4.38. The molecule has 0 aromatic heterocycles. The van der Waals surface area contributed by atoms with E-state index in [2.05, 4.69) is 5.32 Å². The van der Waals surface area contributed by atoms with E-state index >= 15 is 0 Å². The molecule has 0 aliphatic rings. The maximum atomic E-state index is 11.5. The van der Waals surface area contributed by atoms with Crippen LogP contribution >= 0.6 is 0 Å². The zero-order valence-electron chi connectivity index (χ0n) is 9.53. The fourth-order valence-electron chi connectivity index (χ4n) is 1.24. The Morgan fingerprint density at radius 1 is 1.31 bits per heavy atom. The van der Waals surface area contributed by atoms with Gasteiger partial charge in [0.05, 0.1) is 6.42 Å². The largest absolute Gasteiger partial charge is 0.504 e. The van der Waals surface area contributed by atoms with Crippen LogP contribution < -0.4 is 5.32 Å². The highest BCUT2D eigenvalue weighted by Gasteiger charge is 2.06. The first kappa shape index (κ1) is 12.4. The number of amides is 1. The lowest BCUT2D eigenvalue weighted by Gasteiger charge is -2.08. The Balaban J connectivity index is 2.53. The highest BCUT2D eigenvalue weighted by atomic mass is 16.3. The predicted molar refractivity (Wildman–Crippen MR) is 61.3 cm³/mol. The summed E-state index contributed by atoms with van der Waals surface area (Å²) < 4.78 is 0. The number of rotatable bonds is 4. The minimum absolute atomic E-state index is 0.0845. The van der Waals surface area contributed by atoms with Gasteiger partial charge in [0.2, 0.25) is 5.91 Å². The number of carbonyl (C=O) groups is 1. The van der Waals surface area contributed by atoms with Crippen LogP contribution in [0.15, 0.2) is 18.2 Å².